The number of benzene rings is 4. The minimum atomic E-state index is 1.20. The van der Waals surface area contributed by atoms with Crippen molar-refractivity contribution in [3.05, 3.63) is 84.9 Å². The number of hydrogen-bond acceptors (Lipinski definition) is 1. The van der Waals surface area contributed by atoms with E-state index in [0.29, 0.717) is 0 Å². The van der Waals surface area contributed by atoms with Gasteiger partial charge in [-0.15, -0.1) is 0 Å². The van der Waals surface area contributed by atoms with Crippen molar-refractivity contribution >= 4 is 32.9 Å². The van der Waals surface area contributed by atoms with E-state index in [1.54, 1.807) is 0 Å². The molecular formula is C25H29N. The summed E-state index contributed by atoms with van der Waals surface area (Å²) in [6.07, 6.45) is 0. The van der Waals surface area contributed by atoms with Crippen LogP contribution in [0.1, 0.15) is 27.7 Å². The molecule has 0 aliphatic carbocycles. The van der Waals surface area contributed by atoms with E-state index in [0.717, 1.165) is 0 Å². The largest absolute Gasteiger partial charge is 0.345 e. The molecule has 4 aromatic rings. The van der Waals surface area contributed by atoms with Gasteiger partial charge in [0.25, 0.3) is 0 Å². The quantitative estimate of drug-likeness (QED) is 0.358. The van der Waals surface area contributed by atoms with E-state index in [4.69, 9.17) is 0 Å². The molecule has 0 radical (unpaired) electrons. The molecule has 0 spiro atoms. The molecule has 0 aromatic heterocycles. The molecule has 0 atom stereocenters. The summed E-state index contributed by atoms with van der Waals surface area (Å²) < 4.78 is 0. The van der Waals surface area contributed by atoms with Crippen molar-refractivity contribution in [2.45, 2.75) is 27.7 Å². The third-order valence-electron chi connectivity index (χ3n) is 4.24. The normalized spacial score (nSPS) is 9.73. The zero-order valence-corrected chi connectivity index (χ0v) is 16.5. The molecule has 0 unspecified atom stereocenters. The molecule has 4 aromatic carbocycles. The van der Waals surface area contributed by atoms with Crippen molar-refractivity contribution in [3.8, 4) is 0 Å². The Bertz CT molecular complexity index is 877. The van der Waals surface area contributed by atoms with Crippen LogP contribution in [0.3, 0.4) is 0 Å². The van der Waals surface area contributed by atoms with Crippen LogP contribution < -0.4 is 4.90 Å². The number of rotatable bonds is 2. The number of fused-ring (bicyclic) bond motifs is 2. The second-order valence-electron chi connectivity index (χ2n) is 5.62. The van der Waals surface area contributed by atoms with Gasteiger partial charge in [0.15, 0.2) is 0 Å². The van der Waals surface area contributed by atoms with Gasteiger partial charge in [0, 0.05) is 18.4 Å². The van der Waals surface area contributed by atoms with Gasteiger partial charge in [0.05, 0.1) is 0 Å². The van der Waals surface area contributed by atoms with Gasteiger partial charge >= 0.3 is 0 Å². The van der Waals surface area contributed by atoms with E-state index in [2.05, 4.69) is 96.9 Å². The zero-order chi connectivity index (χ0) is 18.9. The van der Waals surface area contributed by atoms with Crippen LogP contribution in [-0.4, -0.2) is 7.05 Å². The minimum absolute atomic E-state index is 1.20. The summed E-state index contributed by atoms with van der Waals surface area (Å²) in [6, 6.07) is 30.1. The summed E-state index contributed by atoms with van der Waals surface area (Å²) in [4.78, 5) is 2.24. The first-order chi connectivity index (χ1) is 12.8. The lowest BCUT2D eigenvalue weighted by atomic mass is 10.1. The molecule has 4 rings (SSSR count). The van der Waals surface area contributed by atoms with Crippen LogP contribution in [0, 0.1) is 0 Å². The van der Waals surface area contributed by atoms with Crippen LogP contribution in [0.25, 0.3) is 21.5 Å². The van der Waals surface area contributed by atoms with E-state index in [9.17, 15) is 0 Å². The fourth-order valence-electron chi connectivity index (χ4n) is 2.92. The summed E-state index contributed by atoms with van der Waals surface area (Å²) in [7, 11) is 2.12. The van der Waals surface area contributed by atoms with E-state index in [1.165, 1.54) is 32.9 Å². The first-order valence-corrected chi connectivity index (χ1v) is 9.53. The average Bonchev–Trinajstić information content (AvgIpc) is 2.75. The van der Waals surface area contributed by atoms with Crippen LogP contribution in [-0.2, 0) is 0 Å². The molecule has 0 aliphatic heterocycles. The number of anilines is 2. The first kappa shape index (κ1) is 19.5. The van der Waals surface area contributed by atoms with Crippen molar-refractivity contribution in [2.75, 3.05) is 11.9 Å². The smallest absolute Gasteiger partial charge is 0.0414 e. The highest BCUT2D eigenvalue weighted by atomic mass is 15.1. The molecule has 0 bridgehead atoms. The molecule has 0 saturated carbocycles. The zero-order valence-electron chi connectivity index (χ0n) is 16.5. The van der Waals surface area contributed by atoms with Gasteiger partial charge in [0.1, 0.15) is 0 Å². The Balaban J connectivity index is 0.000000570. The minimum Gasteiger partial charge on any atom is -0.345 e. The monoisotopic (exact) mass is 343 g/mol. The molecule has 0 heterocycles. The van der Waals surface area contributed by atoms with Crippen molar-refractivity contribution < 1.29 is 0 Å². The number of hydrogen-bond donors (Lipinski definition) is 0. The topological polar surface area (TPSA) is 3.24 Å². The van der Waals surface area contributed by atoms with Gasteiger partial charge < -0.3 is 4.90 Å². The molecule has 0 aliphatic rings. The molecule has 1 nitrogen and oxygen atoms in total. The summed E-state index contributed by atoms with van der Waals surface area (Å²) in [5, 5.41) is 5.09. The van der Waals surface area contributed by atoms with Crippen LogP contribution >= 0.6 is 0 Å². The van der Waals surface area contributed by atoms with Crippen LogP contribution in [0.5, 0.6) is 0 Å². The SMILES string of the molecule is CC.CC.CN(c1ccc2ccccc2c1)c1ccc2ccccc2c1. The molecule has 1 heteroatoms. The highest BCUT2D eigenvalue weighted by Crippen LogP contribution is 2.29. The summed E-state index contributed by atoms with van der Waals surface area (Å²) >= 11 is 0. The predicted octanol–water partition coefficient (Wildman–Crippen LogP) is 7.81. The molecule has 0 fully saturated rings. The summed E-state index contributed by atoms with van der Waals surface area (Å²) in [5.74, 6) is 0. The molecular weight excluding hydrogens is 314 g/mol. The van der Waals surface area contributed by atoms with Crippen molar-refractivity contribution in [3.63, 3.8) is 0 Å². The standard InChI is InChI=1S/C21H17N.2C2H6/c1-22(20-12-10-16-6-2-4-8-18(16)14-20)21-13-11-17-7-3-5-9-19(17)15-21;2*1-2/h2-15H,1H3;2*1-2H3. The van der Waals surface area contributed by atoms with E-state index >= 15 is 0 Å². The molecule has 0 N–H and O–H groups in total. The first-order valence-electron chi connectivity index (χ1n) is 9.53. The third-order valence-corrected chi connectivity index (χ3v) is 4.24. The molecule has 134 valence electrons. The van der Waals surface area contributed by atoms with E-state index in [-0.39, 0.29) is 0 Å². The van der Waals surface area contributed by atoms with Gasteiger partial charge in [-0.3, -0.25) is 0 Å². The Hall–Kier alpha value is -2.80. The second kappa shape index (κ2) is 9.62. The molecule has 0 saturated heterocycles. The predicted molar refractivity (Wildman–Crippen MR) is 119 cm³/mol. The Labute approximate surface area is 157 Å². The fraction of sp³-hybridized carbons (Fsp3) is 0.200. The van der Waals surface area contributed by atoms with Crippen molar-refractivity contribution in [2.24, 2.45) is 0 Å². The maximum absolute atomic E-state index is 2.24. The van der Waals surface area contributed by atoms with Crippen molar-refractivity contribution in [1.29, 1.82) is 0 Å². The Morgan fingerprint density at radius 2 is 0.808 bits per heavy atom. The highest BCUT2D eigenvalue weighted by molar-refractivity contribution is 5.89. The van der Waals surface area contributed by atoms with Crippen LogP contribution in [0.4, 0.5) is 11.4 Å². The average molecular weight is 344 g/mol. The third kappa shape index (κ3) is 4.23. The van der Waals surface area contributed by atoms with Gasteiger partial charge in [0.2, 0.25) is 0 Å². The van der Waals surface area contributed by atoms with Crippen LogP contribution in [0.2, 0.25) is 0 Å². The summed E-state index contributed by atoms with van der Waals surface area (Å²) in [5.41, 5.74) is 2.41. The molecule has 0 amide bonds. The van der Waals surface area contributed by atoms with Gasteiger partial charge in [-0.2, -0.15) is 0 Å². The fourth-order valence-corrected chi connectivity index (χ4v) is 2.92. The number of nitrogens with zero attached hydrogens (tertiary/aromatic N) is 1. The lowest BCUT2D eigenvalue weighted by Gasteiger charge is -2.20. The highest BCUT2D eigenvalue weighted by Gasteiger charge is 2.05. The Morgan fingerprint density at radius 3 is 1.19 bits per heavy atom. The van der Waals surface area contributed by atoms with Gasteiger partial charge in [-0.05, 0) is 45.8 Å². The van der Waals surface area contributed by atoms with E-state index in [1.807, 2.05) is 27.7 Å². The summed E-state index contributed by atoms with van der Waals surface area (Å²) in [6.45, 7) is 8.00. The second-order valence-corrected chi connectivity index (χ2v) is 5.62. The lowest BCUT2D eigenvalue weighted by Crippen LogP contribution is -2.09. The lowest BCUT2D eigenvalue weighted by molar-refractivity contribution is 1.22. The van der Waals surface area contributed by atoms with Crippen LogP contribution in [0.15, 0.2) is 84.9 Å². The maximum Gasteiger partial charge on any atom is 0.0414 e. The Kier molecular flexibility index (Phi) is 7.23. The van der Waals surface area contributed by atoms with E-state index < -0.39 is 0 Å². The van der Waals surface area contributed by atoms with Crippen molar-refractivity contribution in [1.82, 2.24) is 0 Å². The maximum atomic E-state index is 2.24. The van der Waals surface area contributed by atoms with Gasteiger partial charge in [-0.1, -0.05) is 88.4 Å². The molecule has 26 heavy (non-hydrogen) atoms. The Morgan fingerprint density at radius 1 is 0.462 bits per heavy atom. The van der Waals surface area contributed by atoms with Gasteiger partial charge in [-0.25, -0.2) is 0 Å².